The maximum Gasteiger partial charge on any atom is 0.326 e. The molecule has 18 nitrogen and oxygen atoms in total. The summed E-state index contributed by atoms with van der Waals surface area (Å²) >= 11 is 0. The lowest BCUT2D eigenvalue weighted by molar-refractivity contribution is -0.143. The van der Waals surface area contributed by atoms with Crippen molar-refractivity contribution in [3.05, 3.63) is 89.5 Å². The van der Waals surface area contributed by atoms with Crippen molar-refractivity contribution in [2.45, 2.75) is 122 Å². The number of likely N-dealkylation sites (N-methyl/N-ethyl adjacent to an activating group) is 1. The van der Waals surface area contributed by atoms with Crippen molar-refractivity contribution >= 4 is 41.5 Å². The third kappa shape index (κ3) is 15.7. The average Bonchev–Trinajstić information content (AvgIpc) is 3.28. The lowest BCUT2D eigenvalue weighted by atomic mass is 9.96. The Balaban J connectivity index is 1.69. The zero-order valence-corrected chi connectivity index (χ0v) is 38.2. The number of carboxylic acids is 1. The van der Waals surface area contributed by atoms with E-state index in [4.69, 9.17) is 0 Å². The number of aromatic hydroxyl groups is 3. The van der Waals surface area contributed by atoms with E-state index in [1.54, 1.807) is 38.1 Å². The predicted octanol–water partition coefficient (Wildman–Crippen LogP) is 3.02. The third-order valence-electron chi connectivity index (χ3n) is 11.9. The lowest BCUT2D eigenvalue weighted by Crippen LogP contribution is -2.61. The Morgan fingerprint density at radius 1 is 0.697 bits per heavy atom. The normalized spacial score (nSPS) is 21.5. The summed E-state index contributed by atoms with van der Waals surface area (Å²) in [4.78, 5) is 98.2. The van der Waals surface area contributed by atoms with E-state index in [0.717, 1.165) is 11.1 Å². The highest BCUT2D eigenvalue weighted by atomic mass is 16.4. The molecule has 1 aliphatic rings. The van der Waals surface area contributed by atoms with E-state index in [1.165, 1.54) is 60.5 Å². The molecule has 0 radical (unpaired) electrons. The van der Waals surface area contributed by atoms with Gasteiger partial charge in [-0.15, -0.1) is 0 Å². The maximum atomic E-state index is 14.7. The van der Waals surface area contributed by atoms with Crippen molar-refractivity contribution in [2.24, 2.45) is 11.8 Å². The fourth-order valence-corrected chi connectivity index (χ4v) is 7.59. The number of nitrogens with one attached hydrogen (secondary N) is 6. The number of aliphatic carboxylic acids is 1. The van der Waals surface area contributed by atoms with Crippen LogP contribution in [0.2, 0.25) is 0 Å². The van der Waals surface area contributed by atoms with Crippen molar-refractivity contribution in [3.8, 4) is 17.2 Å². The largest absolute Gasteiger partial charge is 0.508 e. The second kappa shape index (κ2) is 25.0. The van der Waals surface area contributed by atoms with Gasteiger partial charge in [0.15, 0.2) is 0 Å². The summed E-state index contributed by atoms with van der Waals surface area (Å²) in [7, 11) is 1.45. The molecule has 1 fully saturated rings. The van der Waals surface area contributed by atoms with Gasteiger partial charge in [-0.05, 0) is 110 Å². The second-order valence-corrected chi connectivity index (χ2v) is 17.3. The van der Waals surface area contributed by atoms with Gasteiger partial charge in [0.1, 0.15) is 53.5 Å². The number of phenols is 3. The summed E-state index contributed by atoms with van der Waals surface area (Å²) in [5.41, 5.74) is 2.04. The number of aryl methyl sites for hydroxylation is 2. The zero-order chi connectivity index (χ0) is 48.5. The van der Waals surface area contributed by atoms with Crippen LogP contribution in [-0.4, -0.2) is 117 Å². The number of hydrogen-bond donors (Lipinski definition) is 10. The maximum absolute atomic E-state index is 14.7. The van der Waals surface area contributed by atoms with Crippen molar-refractivity contribution in [1.29, 1.82) is 0 Å². The summed E-state index contributed by atoms with van der Waals surface area (Å²) in [6, 6.07) is 10.3. The van der Waals surface area contributed by atoms with E-state index in [-0.39, 0.29) is 68.2 Å². The molecule has 66 heavy (non-hydrogen) atoms. The van der Waals surface area contributed by atoms with Gasteiger partial charge in [-0.3, -0.25) is 24.0 Å². The van der Waals surface area contributed by atoms with Crippen molar-refractivity contribution in [3.63, 3.8) is 0 Å². The molecule has 1 saturated heterocycles. The number of phenolic OH excluding ortho intramolecular Hbond substituents is 3. The van der Waals surface area contributed by atoms with Crippen molar-refractivity contribution < 1.29 is 54.0 Å². The van der Waals surface area contributed by atoms with Gasteiger partial charge >= 0.3 is 12.0 Å². The summed E-state index contributed by atoms with van der Waals surface area (Å²) in [6.45, 7) is 7.21. The first-order valence-corrected chi connectivity index (χ1v) is 22.5. The van der Waals surface area contributed by atoms with Crippen LogP contribution in [0, 0.1) is 11.8 Å². The molecule has 3 aromatic carbocycles. The predicted molar refractivity (Wildman–Crippen MR) is 245 cm³/mol. The summed E-state index contributed by atoms with van der Waals surface area (Å²) < 4.78 is 0. The van der Waals surface area contributed by atoms with Crippen LogP contribution in [0.3, 0.4) is 0 Å². The first-order chi connectivity index (χ1) is 31.4. The molecule has 0 aromatic heterocycles. The molecule has 0 bridgehead atoms. The number of rotatable bonds is 14. The average molecular weight is 916 g/mol. The van der Waals surface area contributed by atoms with E-state index in [9.17, 15) is 54.0 Å². The van der Waals surface area contributed by atoms with Gasteiger partial charge in [-0.1, -0.05) is 70.5 Å². The molecule has 1 heterocycles. The number of benzene rings is 3. The molecule has 0 spiro atoms. The summed E-state index contributed by atoms with van der Waals surface area (Å²) in [6.07, 6.45) is 1.76. The fraction of sp³-hybridized carbons (Fsp3) is 0.479. The van der Waals surface area contributed by atoms with Gasteiger partial charge in [0, 0.05) is 20.0 Å². The minimum Gasteiger partial charge on any atom is -0.508 e. The number of amides is 7. The fourth-order valence-electron chi connectivity index (χ4n) is 7.59. The van der Waals surface area contributed by atoms with Gasteiger partial charge < -0.3 is 57.2 Å². The zero-order valence-electron chi connectivity index (χ0n) is 38.2. The Morgan fingerprint density at radius 2 is 1.23 bits per heavy atom. The molecular formula is C48H65N7O11. The Morgan fingerprint density at radius 3 is 1.76 bits per heavy atom. The molecule has 7 atom stereocenters. The topological polar surface area (TPSA) is 276 Å². The van der Waals surface area contributed by atoms with Crippen molar-refractivity contribution in [1.82, 2.24) is 36.8 Å². The van der Waals surface area contributed by atoms with E-state index >= 15 is 0 Å². The smallest absolute Gasteiger partial charge is 0.326 e. The van der Waals surface area contributed by atoms with Crippen LogP contribution < -0.4 is 31.9 Å². The Labute approximate surface area is 385 Å². The number of carbonyl (C=O) groups is 7. The molecule has 3 aromatic rings. The molecule has 4 rings (SSSR count). The highest BCUT2D eigenvalue weighted by molar-refractivity contribution is 5.96. The first kappa shape index (κ1) is 51.8. The van der Waals surface area contributed by atoms with Crippen LogP contribution in [0.15, 0.2) is 72.8 Å². The van der Waals surface area contributed by atoms with E-state index in [1.807, 2.05) is 13.8 Å². The van der Waals surface area contributed by atoms with E-state index in [2.05, 4.69) is 31.9 Å². The van der Waals surface area contributed by atoms with Crippen LogP contribution in [0.4, 0.5) is 4.79 Å². The SMILES string of the molecule is CC[C@H](C)[C@@H]1NC(=O)[C@H](CCc2ccc(O)cc2)N(C)C(=O)C(CCc2ccc(O)cc2)NC(=O)C(C(C)C)NC(=O)C(NC(=O)N[C@@H](Cc2ccc(O)cc2)C(=O)O)CCCCNC1=O. The Bertz CT molecular complexity index is 2120. The Kier molecular flexibility index (Phi) is 19.6. The van der Waals surface area contributed by atoms with Crippen LogP contribution in [0.5, 0.6) is 17.2 Å². The standard InChI is InChI=1S/C48H65N7O11/c1-6-29(4)41-44(61)49-26-8-7-9-36(51-48(66)52-38(47(64)65)27-32-14-22-35(58)23-15-32)42(59)53-40(28(2)3)45(62)50-37(24-16-30-10-18-33(56)19-11-30)46(63)55(5)39(43(60)54-41)25-17-31-12-20-34(57)21-13-31/h10-15,18-23,28-29,36-41,56-58H,6-9,16-17,24-27H2,1-5H3,(H,49,61)(H,50,62)(H,53,59)(H,54,60)(H,64,65)(H2,51,52,66)/t29-,36?,37?,38-,39-,40?,41-/m0/s1. The molecule has 10 N–H and O–H groups in total. The van der Waals surface area contributed by atoms with Gasteiger partial charge in [-0.25, -0.2) is 9.59 Å². The molecule has 0 saturated carbocycles. The Hall–Kier alpha value is -6.85. The molecule has 3 unspecified atom stereocenters. The number of carboxylic acid groups (broad SMARTS) is 1. The van der Waals surface area contributed by atoms with Crippen molar-refractivity contribution in [2.75, 3.05) is 13.6 Å². The molecule has 7 amide bonds. The molecule has 0 aliphatic carbocycles. The second-order valence-electron chi connectivity index (χ2n) is 17.3. The summed E-state index contributed by atoms with van der Waals surface area (Å²) in [5.74, 6) is -5.26. The number of hydrogen-bond acceptors (Lipinski definition) is 10. The minimum absolute atomic E-state index is 0.0179. The quantitative estimate of drug-likeness (QED) is 0.112. The molecule has 1 aliphatic heterocycles. The minimum atomic E-state index is -1.41. The van der Waals surface area contributed by atoms with Crippen LogP contribution in [0.25, 0.3) is 0 Å². The molecule has 358 valence electrons. The molecule has 18 heteroatoms. The van der Waals surface area contributed by atoms with E-state index < -0.39 is 83.7 Å². The van der Waals surface area contributed by atoms with Crippen LogP contribution >= 0.6 is 0 Å². The highest BCUT2D eigenvalue weighted by Crippen LogP contribution is 2.19. The van der Waals surface area contributed by atoms with E-state index in [0.29, 0.717) is 24.8 Å². The number of nitrogens with zero attached hydrogens (tertiary/aromatic N) is 1. The summed E-state index contributed by atoms with van der Waals surface area (Å²) in [5, 5.41) is 55.6. The number of carbonyl (C=O) groups excluding carboxylic acids is 6. The first-order valence-electron chi connectivity index (χ1n) is 22.5. The van der Waals surface area contributed by atoms with Gasteiger partial charge in [-0.2, -0.15) is 0 Å². The number of urea groups is 1. The highest BCUT2D eigenvalue weighted by Gasteiger charge is 2.37. The third-order valence-corrected chi connectivity index (χ3v) is 11.9. The van der Waals surface area contributed by atoms with Crippen LogP contribution in [-0.2, 0) is 48.0 Å². The monoisotopic (exact) mass is 915 g/mol. The molecular weight excluding hydrogens is 851 g/mol. The van der Waals surface area contributed by atoms with Gasteiger partial charge in [0.2, 0.25) is 29.5 Å². The van der Waals surface area contributed by atoms with Crippen LogP contribution in [0.1, 0.15) is 82.9 Å². The van der Waals surface area contributed by atoms with Gasteiger partial charge in [0.05, 0.1) is 0 Å². The van der Waals surface area contributed by atoms with Gasteiger partial charge in [0.25, 0.3) is 0 Å². The lowest BCUT2D eigenvalue weighted by Gasteiger charge is -2.33.